The Kier molecular flexibility index (Phi) is 5.97. The van der Waals surface area contributed by atoms with Crippen molar-refractivity contribution in [3.05, 3.63) is 12.7 Å². The van der Waals surface area contributed by atoms with Gasteiger partial charge in [0.25, 0.3) is 0 Å². The molecular weight excluding hydrogens is 170 g/mol. The lowest BCUT2D eigenvalue weighted by atomic mass is 10.5. The topological polar surface area (TPSA) is 49.8 Å². The Labute approximate surface area is 78.8 Å². The Bertz CT molecular complexity index is 168. The van der Waals surface area contributed by atoms with Gasteiger partial charge in [0.05, 0.1) is 12.7 Å². The smallest absolute Gasteiger partial charge is 0.410 e. The van der Waals surface area contributed by atoms with Crippen LogP contribution in [0.1, 0.15) is 13.8 Å². The van der Waals surface area contributed by atoms with E-state index in [1.54, 1.807) is 19.9 Å². The molecule has 0 aromatic rings. The first-order chi connectivity index (χ1) is 6.11. The molecule has 1 N–H and O–H groups in total. The second kappa shape index (κ2) is 6.48. The highest BCUT2D eigenvalue weighted by Gasteiger charge is 2.13. The van der Waals surface area contributed by atoms with Gasteiger partial charge in [-0.25, -0.2) is 4.79 Å². The van der Waals surface area contributed by atoms with Crippen molar-refractivity contribution >= 4 is 6.09 Å². The number of nitrogens with zero attached hydrogens (tertiary/aromatic N) is 1. The standard InChI is InChI=1S/C9H17NO3/c1-4-5-10(6-7-11)9(12)13-8(2)3/h4,8,11H,1,5-7H2,2-3H3. The van der Waals surface area contributed by atoms with Crippen LogP contribution in [-0.2, 0) is 4.74 Å². The van der Waals surface area contributed by atoms with E-state index >= 15 is 0 Å². The Hall–Kier alpha value is -1.03. The van der Waals surface area contributed by atoms with Crippen LogP contribution >= 0.6 is 0 Å². The number of hydrogen-bond donors (Lipinski definition) is 1. The van der Waals surface area contributed by atoms with Gasteiger partial charge in [0, 0.05) is 13.1 Å². The highest BCUT2D eigenvalue weighted by atomic mass is 16.6. The van der Waals surface area contributed by atoms with Crippen molar-refractivity contribution in [2.75, 3.05) is 19.7 Å². The molecule has 0 aliphatic heterocycles. The molecule has 13 heavy (non-hydrogen) atoms. The Morgan fingerprint density at radius 1 is 1.69 bits per heavy atom. The maximum atomic E-state index is 11.3. The normalized spacial score (nSPS) is 9.85. The van der Waals surface area contributed by atoms with Crippen LogP contribution in [0.5, 0.6) is 0 Å². The summed E-state index contributed by atoms with van der Waals surface area (Å²) in [5.74, 6) is 0. The Morgan fingerprint density at radius 2 is 2.31 bits per heavy atom. The summed E-state index contributed by atoms with van der Waals surface area (Å²) in [6, 6.07) is 0. The van der Waals surface area contributed by atoms with Gasteiger partial charge in [0.2, 0.25) is 0 Å². The molecule has 76 valence electrons. The van der Waals surface area contributed by atoms with Crippen LogP contribution in [0.25, 0.3) is 0 Å². The summed E-state index contributed by atoms with van der Waals surface area (Å²) in [5, 5.41) is 8.66. The van der Waals surface area contributed by atoms with E-state index in [1.165, 1.54) is 4.90 Å². The lowest BCUT2D eigenvalue weighted by Gasteiger charge is -2.20. The van der Waals surface area contributed by atoms with Crippen LogP contribution < -0.4 is 0 Å². The van der Waals surface area contributed by atoms with Gasteiger partial charge in [-0.15, -0.1) is 6.58 Å². The predicted molar refractivity (Wildman–Crippen MR) is 50.5 cm³/mol. The molecule has 4 heteroatoms. The second-order valence-corrected chi connectivity index (χ2v) is 2.89. The lowest BCUT2D eigenvalue weighted by Crippen LogP contribution is -2.35. The van der Waals surface area contributed by atoms with E-state index in [0.717, 1.165) is 0 Å². The van der Waals surface area contributed by atoms with Crippen LogP contribution in [0.2, 0.25) is 0 Å². The number of rotatable bonds is 5. The van der Waals surface area contributed by atoms with E-state index in [0.29, 0.717) is 6.54 Å². The highest BCUT2D eigenvalue weighted by Crippen LogP contribution is 1.97. The van der Waals surface area contributed by atoms with E-state index in [-0.39, 0.29) is 19.3 Å². The van der Waals surface area contributed by atoms with Crippen LogP contribution in [0.3, 0.4) is 0 Å². The zero-order valence-electron chi connectivity index (χ0n) is 8.19. The maximum Gasteiger partial charge on any atom is 0.410 e. The van der Waals surface area contributed by atoms with Gasteiger partial charge in [-0.2, -0.15) is 0 Å². The minimum atomic E-state index is -0.413. The molecule has 0 aliphatic carbocycles. The monoisotopic (exact) mass is 187 g/mol. The molecule has 0 atom stereocenters. The van der Waals surface area contributed by atoms with Crippen LogP contribution in [0.15, 0.2) is 12.7 Å². The van der Waals surface area contributed by atoms with Gasteiger partial charge in [0.15, 0.2) is 0 Å². The van der Waals surface area contributed by atoms with Crippen LogP contribution in [0, 0.1) is 0 Å². The summed E-state index contributed by atoms with van der Waals surface area (Å²) in [7, 11) is 0. The Balaban J connectivity index is 4.02. The van der Waals surface area contributed by atoms with Crippen molar-refractivity contribution in [1.82, 2.24) is 4.90 Å². The number of aliphatic hydroxyl groups excluding tert-OH is 1. The first kappa shape index (κ1) is 12.0. The van der Waals surface area contributed by atoms with Crippen molar-refractivity contribution in [1.29, 1.82) is 0 Å². The first-order valence-corrected chi connectivity index (χ1v) is 4.29. The van der Waals surface area contributed by atoms with Gasteiger partial charge in [-0.3, -0.25) is 0 Å². The largest absolute Gasteiger partial charge is 0.447 e. The number of carbonyl (C=O) groups is 1. The van der Waals surface area contributed by atoms with Gasteiger partial charge in [0.1, 0.15) is 0 Å². The molecule has 0 heterocycles. The zero-order chi connectivity index (χ0) is 10.3. The van der Waals surface area contributed by atoms with Gasteiger partial charge >= 0.3 is 6.09 Å². The number of hydrogen-bond acceptors (Lipinski definition) is 3. The molecule has 4 nitrogen and oxygen atoms in total. The minimum absolute atomic E-state index is 0.0684. The average Bonchev–Trinajstić information content (AvgIpc) is 2.02. The first-order valence-electron chi connectivity index (χ1n) is 4.29. The van der Waals surface area contributed by atoms with Crippen molar-refractivity contribution in [2.24, 2.45) is 0 Å². The molecule has 0 bridgehead atoms. The number of ether oxygens (including phenoxy) is 1. The summed E-state index contributed by atoms with van der Waals surface area (Å²) in [6.45, 7) is 7.68. The summed E-state index contributed by atoms with van der Waals surface area (Å²) >= 11 is 0. The van der Waals surface area contributed by atoms with Crippen molar-refractivity contribution < 1.29 is 14.6 Å². The van der Waals surface area contributed by atoms with E-state index < -0.39 is 6.09 Å². The van der Waals surface area contributed by atoms with Crippen LogP contribution in [0.4, 0.5) is 4.79 Å². The molecule has 0 rings (SSSR count). The van der Waals surface area contributed by atoms with E-state index in [2.05, 4.69) is 6.58 Å². The molecule has 1 amide bonds. The third kappa shape index (κ3) is 5.25. The molecule has 0 spiro atoms. The quantitative estimate of drug-likeness (QED) is 0.653. The molecule has 0 saturated carbocycles. The average molecular weight is 187 g/mol. The molecule has 0 aliphatic rings. The molecule has 0 unspecified atom stereocenters. The lowest BCUT2D eigenvalue weighted by molar-refractivity contribution is 0.0745. The number of aliphatic hydroxyl groups is 1. The van der Waals surface area contributed by atoms with Gasteiger partial charge in [-0.1, -0.05) is 6.08 Å². The SMILES string of the molecule is C=CCN(CCO)C(=O)OC(C)C. The highest BCUT2D eigenvalue weighted by molar-refractivity contribution is 5.67. The summed E-state index contributed by atoms with van der Waals surface area (Å²) in [4.78, 5) is 12.7. The fourth-order valence-electron chi connectivity index (χ4n) is 0.810. The van der Waals surface area contributed by atoms with Crippen molar-refractivity contribution in [2.45, 2.75) is 20.0 Å². The molecule has 0 aromatic carbocycles. The fourth-order valence-corrected chi connectivity index (χ4v) is 0.810. The molecule has 0 fully saturated rings. The summed E-state index contributed by atoms with van der Waals surface area (Å²) in [6.07, 6.45) is 1.04. The zero-order valence-corrected chi connectivity index (χ0v) is 8.19. The van der Waals surface area contributed by atoms with Gasteiger partial charge in [-0.05, 0) is 13.8 Å². The molecule has 0 aromatic heterocycles. The van der Waals surface area contributed by atoms with Crippen LogP contribution in [-0.4, -0.2) is 41.9 Å². The third-order valence-electron chi connectivity index (χ3n) is 1.31. The fraction of sp³-hybridized carbons (Fsp3) is 0.667. The third-order valence-corrected chi connectivity index (χ3v) is 1.31. The molecule has 0 saturated heterocycles. The van der Waals surface area contributed by atoms with Crippen molar-refractivity contribution in [3.63, 3.8) is 0 Å². The van der Waals surface area contributed by atoms with E-state index in [1.807, 2.05) is 0 Å². The Morgan fingerprint density at radius 3 is 2.69 bits per heavy atom. The molecule has 0 radical (unpaired) electrons. The number of amides is 1. The van der Waals surface area contributed by atoms with E-state index in [9.17, 15) is 4.79 Å². The maximum absolute atomic E-state index is 11.3. The molecular formula is C9H17NO3. The minimum Gasteiger partial charge on any atom is -0.447 e. The second-order valence-electron chi connectivity index (χ2n) is 2.89. The van der Waals surface area contributed by atoms with Crippen molar-refractivity contribution in [3.8, 4) is 0 Å². The van der Waals surface area contributed by atoms with E-state index in [4.69, 9.17) is 9.84 Å². The van der Waals surface area contributed by atoms with Gasteiger partial charge < -0.3 is 14.7 Å². The predicted octanol–water partition coefficient (Wildman–Crippen LogP) is 1.01. The number of carbonyl (C=O) groups excluding carboxylic acids is 1. The summed E-state index contributed by atoms with van der Waals surface area (Å²) in [5.41, 5.74) is 0. The summed E-state index contributed by atoms with van der Waals surface area (Å²) < 4.78 is 4.95.